The van der Waals surface area contributed by atoms with Crippen molar-refractivity contribution in [3.05, 3.63) is 139 Å². The molecule has 0 spiro atoms. The number of carbonyl (C=O) groups excluding carboxylic acids is 1. The molecule has 318 valence electrons. The number of anilines is 2. The molecule has 2 fully saturated rings. The number of carbonyl (C=O) groups is 1. The fraction of sp³-hybridized carbons (Fsp3) is 0.340. The summed E-state index contributed by atoms with van der Waals surface area (Å²) in [5.74, 6) is 2.33. The Morgan fingerprint density at radius 2 is 1.02 bits per heavy atom. The fourth-order valence-electron chi connectivity index (χ4n) is 8.78. The topological polar surface area (TPSA) is 128 Å². The molecule has 4 aromatic carbocycles. The molecular weight excluding hydrogens is 823 g/mol. The van der Waals surface area contributed by atoms with Crippen LogP contribution in [-0.2, 0) is 19.5 Å². The molecule has 0 amide bonds. The van der Waals surface area contributed by atoms with Crippen molar-refractivity contribution >= 4 is 74.2 Å². The lowest BCUT2D eigenvalue weighted by molar-refractivity contribution is 0.0972. The number of hydrogen-bond acceptors (Lipinski definition) is 9. The number of aryl methyl sites for hydroxylation is 2. The highest BCUT2D eigenvalue weighted by molar-refractivity contribution is 6.31. The molecule has 6 heterocycles. The lowest BCUT2D eigenvalue weighted by Gasteiger charge is -2.21. The second-order valence-electron chi connectivity index (χ2n) is 16.1. The highest BCUT2D eigenvalue weighted by atomic mass is 35.5. The van der Waals surface area contributed by atoms with Gasteiger partial charge >= 0.3 is 0 Å². The predicted octanol–water partition coefficient (Wildman–Crippen LogP) is 8.67. The van der Waals surface area contributed by atoms with Crippen molar-refractivity contribution in [2.75, 3.05) is 36.0 Å². The van der Waals surface area contributed by atoms with Crippen LogP contribution in [0, 0.1) is 0 Å². The number of halogens is 2. The van der Waals surface area contributed by atoms with Crippen LogP contribution in [0.1, 0.15) is 73.7 Å². The smallest absolute Gasteiger partial charge is 0.263 e. The van der Waals surface area contributed by atoms with E-state index in [1.54, 1.807) is 47.0 Å². The third-order valence-electron chi connectivity index (χ3n) is 12.0. The first-order chi connectivity index (χ1) is 30.4. The van der Waals surface area contributed by atoms with Gasteiger partial charge in [-0.3, -0.25) is 23.5 Å². The summed E-state index contributed by atoms with van der Waals surface area (Å²) in [5, 5.41) is 19.9. The van der Waals surface area contributed by atoms with Crippen LogP contribution in [0.25, 0.3) is 33.4 Å². The van der Waals surface area contributed by atoms with Crippen LogP contribution in [0.5, 0.6) is 0 Å². The molecule has 0 unspecified atom stereocenters. The van der Waals surface area contributed by atoms with Gasteiger partial charge in [-0.15, -0.1) is 20.4 Å². The van der Waals surface area contributed by atoms with Crippen molar-refractivity contribution in [2.45, 2.75) is 77.3 Å². The summed E-state index contributed by atoms with van der Waals surface area (Å²) in [4.78, 5) is 44.2. The Balaban J connectivity index is 0.000000158. The van der Waals surface area contributed by atoms with Crippen LogP contribution in [0.4, 0.5) is 11.9 Å². The first-order valence-corrected chi connectivity index (χ1v) is 22.4. The van der Waals surface area contributed by atoms with Crippen LogP contribution in [0.15, 0.2) is 107 Å². The van der Waals surface area contributed by atoms with Gasteiger partial charge < -0.3 is 9.80 Å². The highest BCUT2D eigenvalue weighted by Gasteiger charge is 2.24. The van der Waals surface area contributed by atoms with E-state index in [0.29, 0.717) is 55.9 Å². The van der Waals surface area contributed by atoms with E-state index in [1.165, 1.54) is 35.8 Å². The van der Waals surface area contributed by atoms with Gasteiger partial charge in [-0.05, 0) is 80.5 Å². The molecule has 0 aliphatic carbocycles. The zero-order valence-electron chi connectivity index (χ0n) is 34.5. The zero-order valence-corrected chi connectivity index (χ0v) is 36.0. The Morgan fingerprint density at radius 3 is 1.53 bits per heavy atom. The molecular formula is C47H48Cl2N10O3. The molecule has 62 heavy (non-hydrogen) atoms. The Morgan fingerprint density at radius 1 is 0.548 bits per heavy atom. The maximum Gasteiger partial charge on any atom is 0.263 e. The lowest BCUT2D eigenvalue weighted by Crippen LogP contribution is -2.29. The van der Waals surface area contributed by atoms with Crippen molar-refractivity contribution in [3.63, 3.8) is 0 Å². The number of benzene rings is 4. The molecule has 13 nitrogen and oxygen atoms in total. The monoisotopic (exact) mass is 870 g/mol. The Hall–Kier alpha value is -6.05. The maximum atomic E-state index is 13.4. The van der Waals surface area contributed by atoms with E-state index < -0.39 is 0 Å². The average molecular weight is 872 g/mol. The van der Waals surface area contributed by atoms with Crippen LogP contribution < -0.4 is 20.9 Å². The summed E-state index contributed by atoms with van der Waals surface area (Å²) in [6.07, 6.45) is 11.1. The molecule has 0 radical (unpaired) electrons. The Labute approximate surface area is 368 Å². The summed E-state index contributed by atoms with van der Waals surface area (Å²) in [6, 6.07) is 30.0. The largest absolute Gasteiger partial charge is 0.341 e. The number of fused-ring (bicyclic) bond motifs is 6. The van der Waals surface area contributed by atoms with Crippen molar-refractivity contribution in [1.29, 1.82) is 0 Å². The van der Waals surface area contributed by atoms with E-state index in [1.807, 2.05) is 51.3 Å². The highest BCUT2D eigenvalue weighted by Crippen LogP contribution is 2.27. The standard InChI is InChI=1S/C24H26ClN5O.C23H22ClN5O2/c25-19-12-13-21-20(17-19)22(31)29(16-8-11-18-9-4-3-5-10-18)24-27-26-23(30(21)24)28-14-6-1-2-7-15-28;24-17-10-11-19-18(14-17)21(31)28(15-20(30)16-8-4-3-5-9-16)23-26-25-22(29(19)23)27-12-6-1-2-7-13-27/h3-5,9-10,12-13,17H,1-2,6-8,11,14-16H2;3-5,8-11,14H,1-2,6-7,12-13,15H2. The number of aromatic nitrogens is 8. The van der Waals surface area contributed by atoms with E-state index in [0.717, 1.165) is 76.2 Å². The molecule has 2 aliphatic rings. The number of rotatable bonds is 9. The molecule has 0 bridgehead atoms. The van der Waals surface area contributed by atoms with Crippen LogP contribution in [-0.4, -0.2) is 70.3 Å². The fourth-order valence-corrected chi connectivity index (χ4v) is 9.12. The summed E-state index contributed by atoms with van der Waals surface area (Å²) in [7, 11) is 0. The summed E-state index contributed by atoms with van der Waals surface area (Å²) in [5.41, 5.74) is 2.95. The maximum absolute atomic E-state index is 13.4. The molecule has 0 saturated carbocycles. The van der Waals surface area contributed by atoms with Crippen LogP contribution in [0.2, 0.25) is 10.0 Å². The first-order valence-electron chi connectivity index (χ1n) is 21.6. The van der Waals surface area contributed by atoms with Gasteiger partial charge in [0.1, 0.15) is 0 Å². The molecule has 0 N–H and O–H groups in total. The zero-order chi connectivity index (χ0) is 42.6. The van der Waals surface area contributed by atoms with E-state index in [4.69, 9.17) is 23.2 Å². The number of ketones is 1. The Kier molecular flexibility index (Phi) is 12.3. The van der Waals surface area contributed by atoms with E-state index in [2.05, 4.69) is 42.3 Å². The van der Waals surface area contributed by atoms with Gasteiger partial charge in [0.2, 0.25) is 23.5 Å². The minimum absolute atomic E-state index is 0.0621. The van der Waals surface area contributed by atoms with Crippen molar-refractivity contribution in [2.24, 2.45) is 0 Å². The van der Waals surface area contributed by atoms with Gasteiger partial charge in [0.15, 0.2) is 5.78 Å². The molecule has 2 aliphatic heterocycles. The molecule has 4 aromatic heterocycles. The number of hydrogen-bond donors (Lipinski definition) is 0. The predicted molar refractivity (Wildman–Crippen MR) is 246 cm³/mol. The van der Waals surface area contributed by atoms with Gasteiger partial charge in [0.25, 0.3) is 11.1 Å². The Bertz CT molecular complexity index is 2980. The summed E-state index contributed by atoms with van der Waals surface area (Å²) >= 11 is 12.5. The van der Waals surface area contributed by atoms with Gasteiger partial charge in [0.05, 0.1) is 28.4 Å². The normalized spacial score (nSPS) is 14.9. The van der Waals surface area contributed by atoms with Crippen LogP contribution >= 0.6 is 23.2 Å². The van der Waals surface area contributed by atoms with Crippen molar-refractivity contribution < 1.29 is 4.79 Å². The average Bonchev–Trinajstić information content (AvgIpc) is 3.70. The molecule has 10 rings (SSSR count). The van der Waals surface area contributed by atoms with E-state index >= 15 is 0 Å². The molecule has 15 heteroatoms. The lowest BCUT2D eigenvalue weighted by atomic mass is 10.1. The third-order valence-corrected chi connectivity index (χ3v) is 12.4. The van der Waals surface area contributed by atoms with Gasteiger partial charge in [0, 0.05) is 48.3 Å². The quantitative estimate of drug-likeness (QED) is 0.131. The van der Waals surface area contributed by atoms with E-state index in [-0.39, 0.29) is 23.4 Å². The van der Waals surface area contributed by atoms with Gasteiger partial charge in [-0.2, -0.15) is 0 Å². The molecule has 2 saturated heterocycles. The third kappa shape index (κ3) is 8.43. The van der Waals surface area contributed by atoms with E-state index in [9.17, 15) is 14.4 Å². The SMILES string of the molecule is O=C(Cn1c(=O)c2cc(Cl)ccc2n2c(N3CCCCCC3)nnc12)c1ccccc1.O=c1c2cc(Cl)ccc2n2c(N3CCCCCC3)nnc2n1CCCc1ccccc1. The minimum Gasteiger partial charge on any atom is -0.341 e. The summed E-state index contributed by atoms with van der Waals surface area (Å²) < 4.78 is 7.09. The van der Waals surface area contributed by atoms with Crippen LogP contribution in [0.3, 0.4) is 0 Å². The summed E-state index contributed by atoms with van der Waals surface area (Å²) in [6.45, 7) is 4.16. The molecule has 8 aromatic rings. The second-order valence-corrected chi connectivity index (χ2v) is 17.0. The number of nitrogens with zero attached hydrogens (tertiary/aromatic N) is 10. The molecule has 0 atom stereocenters. The van der Waals surface area contributed by atoms with Gasteiger partial charge in [-0.1, -0.05) is 110 Å². The second kappa shape index (κ2) is 18.5. The van der Waals surface area contributed by atoms with Gasteiger partial charge in [-0.25, -0.2) is 8.80 Å². The first kappa shape index (κ1) is 41.3. The van der Waals surface area contributed by atoms with Crippen molar-refractivity contribution in [3.8, 4) is 0 Å². The van der Waals surface area contributed by atoms with Crippen molar-refractivity contribution in [1.82, 2.24) is 38.3 Å². The number of Topliss-reactive ketones (excluding diaryl/α,β-unsaturated/α-hetero) is 1. The minimum atomic E-state index is -0.302.